The number of halogens is 3. The van der Waals surface area contributed by atoms with E-state index in [0.717, 1.165) is 73.5 Å². The summed E-state index contributed by atoms with van der Waals surface area (Å²) in [5.41, 5.74) is 4.37. The molecule has 2 fully saturated rings. The van der Waals surface area contributed by atoms with Crippen molar-refractivity contribution in [3.63, 3.8) is 0 Å². The summed E-state index contributed by atoms with van der Waals surface area (Å²) < 4.78 is 41.0. The summed E-state index contributed by atoms with van der Waals surface area (Å²) in [7, 11) is 2.19. The van der Waals surface area contributed by atoms with Crippen LogP contribution in [0.4, 0.5) is 19.0 Å². The molecule has 1 aliphatic heterocycles. The lowest BCUT2D eigenvalue weighted by Crippen LogP contribution is -2.39. The van der Waals surface area contributed by atoms with Crippen LogP contribution in [-0.4, -0.2) is 69.3 Å². The molecule has 0 amide bonds. The predicted octanol–water partition coefficient (Wildman–Crippen LogP) is 6.74. The molecule has 1 N–H and O–H groups in total. The Hall–Kier alpha value is -3.20. The van der Waals surface area contributed by atoms with Crippen LogP contribution in [0.15, 0.2) is 30.6 Å². The number of benzene rings is 1. The van der Waals surface area contributed by atoms with Crippen molar-refractivity contribution >= 4 is 38.3 Å². The minimum atomic E-state index is -4.25. The van der Waals surface area contributed by atoms with Crippen molar-refractivity contribution in [1.29, 1.82) is 5.26 Å². The van der Waals surface area contributed by atoms with E-state index in [1.807, 2.05) is 0 Å². The van der Waals surface area contributed by atoms with Gasteiger partial charge in [-0.3, -0.25) is 4.90 Å². The number of likely N-dealkylation sites (N-methyl/N-ethyl adjacent to an activating group) is 1. The maximum atomic E-state index is 12.9. The van der Waals surface area contributed by atoms with Gasteiger partial charge in [0, 0.05) is 54.0 Å². The molecule has 1 saturated heterocycles. The Morgan fingerprint density at radius 1 is 1.14 bits per heavy atom. The number of anilines is 1. The lowest BCUT2D eigenvalue weighted by Gasteiger charge is -2.33. The number of fused-ring (bicyclic) bond motifs is 2. The first-order valence-electron chi connectivity index (χ1n) is 15.1. The largest absolute Gasteiger partial charge is 0.393 e. The average molecular weight is 610 g/mol. The minimum absolute atomic E-state index is 0.191. The van der Waals surface area contributed by atoms with Gasteiger partial charge >= 0.3 is 6.18 Å². The second kappa shape index (κ2) is 12.1. The first-order chi connectivity index (χ1) is 20.6. The van der Waals surface area contributed by atoms with E-state index in [1.54, 1.807) is 6.07 Å². The van der Waals surface area contributed by atoms with Crippen LogP contribution < -0.4 is 5.32 Å². The molecular weight excluding hydrogens is 571 g/mol. The summed E-state index contributed by atoms with van der Waals surface area (Å²) in [6.45, 7) is 8.86. The van der Waals surface area contributed by atoms with Crippen LogP contribution in [0.2, 0.25) is 0 Å². The molecule has 1 aromatic carbocycles. The van der Waals surface area contributed by atoms with Gasteiger partial charge in [-0.1, -0.05) is 13.0 Å². The number of aryl methyl sites for hydroxylation is 1. The van der Waals surface area contributed by atoms with Crippen molar-refractivity contribution in [3.8, 4) is 6.07 Å². The molecule has 0 radical (unpaired) electrons. The van der Waals surface area contributed by atoms with Crippen LogP contribution in [0.25, 0.3) is 21.1 Å². The fourth-order valence-corrected chi connectivity index (χ4v) is 7.53. The highest BCUT2D eigenvalue weighted by atomic mass is 32.1. The molecule has 2 aliphatic rings. The Bertz CT molecular complexity index is 1640. The Morgan fingerprint density at radius 3 is 2.58 bits per heavy atom. The zero-order valence-corrected chi connectivity index (χ0v) is 25.7. The number of thiophene rings is 1. The number of likely N-dealkylation sites (tertiary alicyclic amines) is 1. The van der Waals surface area contributed by atoms with Crippen molar-refractivity contribution < 1.29 is 13.2 Å². The van der Waals surface area contributed by atoms with Gasteiger partial charge in [0.1, 0.15) is 28.7 Å². The predicted molar refractivity (Wildman–Crippen MR) is 165 cm³/mol. The number of nitrogens with one attached hydrogen (secondary N) is 1. The zero-order valence-electron chi connectivity index (χ0n) is 24.9. The van der Waals surface area contributed by atoms with Crippen molar-refractivity contribution in [2.45, 2.75) is 77.3 Å². The molecule has 43 heavy (non-hydrogen) atoms. The minimum Gasteiger partial charge on any atom is -0.367 e. The van der Waals surface area contributed by atoms with Crippen LogP contribution in [0.5, 0.6) is 0 Å². The van der Waals surface area contributed by atoms with E-state index < -0.39 is 12.6 Å². The highest BCUT2D eigenvalue weighted by Gasteiger charge is 2.34. The van der Waals surface area contributed by atoms with Gasteiger partial charge in [0.05, 0.1) is 11.8 Å². The van der Waals surface area contributed by atoms with Gasteiger partial charge in [-0.2, -0.15) is 18.4 Å². The normalized spacial score (nSPS) is 17.6. The summed E-state index contributed by atoms with van der Waals surface area (Å²) in [5.74, 6) is 1.32. The zero-order chi connectivity index (χ0) is 30.3. The SMILES string of the molecule is CCN(C)C(Cn1c(C#N)cc2c(C)c(CN3CCC(Nc4ncnc5sc(CC(F)(F)F)cc45)CC3)ccc21)C1CC1. The molecular formula is C32H38F3N7S. The van der Waals surface area contributed by atoms with Gasteiger partial charge in [-0.25, -0.2) is 9.97 Å². The van der Waals surface area contributed by atoms with Crippen molar-refractivity contribution in [2.24, 2.45) is 5.92 Å². The quantitative estimate of drug-likeness (QED) is 0.215. The second-order valence-electron chi connectivity index (χ2n) is 12.2. The van der Waals surface area contributed by atoms with Crippen LogP contribution in [0.1, 0.15) is 54.3 Å². The number of piperidine rings is 1. The Labute approximate surface area is 254 Å². The second-order valence-corrected chi connectivity index (χ2v) is 13.3. The molecule has 0 bridgehead atoms. The van der Waals surface area contributed by atoms with Gasteiger partial charge in [0.25, 0.3) is 0 Å². The number of nitriles is 1. The highest BCUT2D eigenvalue weighted by Crippen LogP contribution is 2.37. The highest BCUT2D eigenvalue weighted by molar-refractivity contribution is 7.18. The standard InChI is InChI=1S/C32H38F3N7S/c1-4-40(3)29(21-5-6-21)18-42-24(16-36)13-26-20(2)22(7-8-28(26)42)17-41-11-9-23(10-12-41)39-30-27-14-25(15-32(33,34)35)43-31(27)38-19-37-30/h7-8,13-14,19,21,23,29H,4-6,9-12,15,17-18H2,1-3H3,(H,37,38,39). The molecule has 4 aromatic rings. The number of hydrogen-bond acceptors (Lipinski definition) is 7. The summed E-state index contributed by atoms with van der Waals surface area (Å²) in [6, 6.07) is 11.1. The van der Waals surface area contributed by atoms with E-state index in [0.29, 0.717) is 28.0 Å². The van der Waals surface area contributed by atoms with E-state index in [4.69, 9.17) is 0 Å². The van der Waals surface area contributed by atoms with Crippen molar-refractivity contribution in [3.05, 3.63) is 52.3 Å². The molecule has 4 heterocycles. The molecule has 6 rings (SSSR count). The Kier molecular flexibility index (Phi) is 8.37. The van der Waals surface area contributed by atoms with E-state index in [2.05, 4.69) is 74.8 Å². The lowest BCUT2D eigenvalue weighted by molar-refractivity contribution is -0.126. The smallest absolute Gasteiger partial charge is 0.367 e. The van der Waals surface area contributed by atoms with E-state index >= 15 is 0 Å². The monoisotopic (exact) mass is 609 g/mol. The van der Waals surface area contributed by atoms with Crippen LogP contribution in [0.3, 0.4) is 0 Å². The Balaban J connectivity index is 1.12. The summed E-state index contributed by atoms with van der Waals surface area (Å²) in [6.07, 6.45) is 0.591. The maximum Gasteiger partial charge on any atom is 0.393 e. The molecule has 1 aliphatic carbocycles. The molecule has 1 saturated carbocycles. The summed E-state index contributed by atoms with van der Waals surface area (Å²) in [4.78, 5) is 14.3. The number of nitrogens with zero attached hydrogens (tertiary/aromatic N) is 6. The number of alkyl halides is 3. The molecule has 1 unspecified atom stereocenters. The molecule has 228 valence electrons. The molecule has 0 spiro atoms. The first kappa shape index (κ1) is 29.9. The lowest BCUT2D eigenvalue weighted by atomic mass is 10.0. The van der Waals surface area contributed by atoms with E-state index in [9.17, 15) is 18.4 Å². The number of aromatic nitrogens is 3. The third kappa shape index (κ3) is 6.52. The first-order valence-corrected chi connectivity index (χ1v) is 16.0. The number of rotatable bonds is 10. The van der Waals surface area contributed by atoms with Gasteiger partial charge in [-0.15, -0.1) is 11.3 Å². The topological polar surface area (TPSA) is 73.0 Å². The fraction of sp³-hybridized carbons (Fsp3) is 0.531. The molecule has 7 nitrogen and oxygen atoms in total. The van der Waals surface area contributed by atoms with Gasteiger partial charge in [0.2, 0.25) is 0 Å². The maximum absolute atomic E-state index is 12.9. The van der Waals surface area contributed by atoms with Crippen LogP contribution >= 0.6 is 11.3 Å². The van der Waals surface area contributed by atoms with E-state index in [1.165, 1.54) is 30.3 Å². The fourth-order valence-electron chi connectivity index (χ4n) is 6.51. The molecule has 1 atom stereocenters. The summed E-state index contributed by atoms with van der Waals surface area (Å²) in [5, 5.41) is 15.3. The van der Waals surface area contributed by atoms with Crippen molar-refractivity contribution in [2.75, 3.05) is 32.0 Å². The third-order valence-electron chi connectivity index (χ3n) is 9.26. The Morgan fingerprint density at radius 2 is 1.91 bits per heavy atom. The number of hydrogen-bond donors (Lipinski definition) is 1. The van der Waals surface area contributed by atoms with Crippen LogP contribution in [-0.2, 0) is 19.5 Å². The van der Waals surface area contributed by atoms with Gasteiger partial charge in [-0.05, 0) is 81.4 Å². The van der Waals surface area contributed by atoms with Gasteiger partial charge < -0.3 is 14.8 Å². The molecule has 11 heteroatoms. The summed E-state index contributed by atoms with van der Waals surface area (Å²) >= 11 is 1.08. The molecule has 3 aromatic heterocycles. The van der Waals surface area contributed by atoms with Crippen LogP contribution in [0, 0.1) is 24.2 Å². The van der Waals surface area contributed by atoms with Gasteiger partial charge in [0.15, 0.2) is 0 Å². The van der Waals surface area contributed by atoms with Crippen molar-refractivity contribution in [1.82, 2.24) is 24.3 Å². The average Bonchev–Trinajstić information content (AvgIpc) is 3.63. The van der Waals surface area contributed by atoms with E-state index in [-0.39, 0.29) is 10.9 Å². The third-order valence-corrected chi connectivity index (χ3v) is 10.3.